The van der Waals surface area contributed by atoms with Crippen molar-refractivity contribution in [3.05, 3.63) is 89.5 Å². The molecule has 2 aromatic rings. The molecule has 192 valence electrons. The molecule has 2 unspecified atom stereocenters. The van der Waals surface area contributed by atoms with Gasteiger partial charge in [-0.2, -0.15) is 4.39 Å². The number of halogens is 4. The first kappa shape index (κ1) is 25.7. The average Bonchev–Trinajstić information content (AvgIpc) is 3.56. The van der Waals surface area contributed by atoms with Crippen molar-refractivity contribution in [1.82, 2.24) is 20.2 Å². The van der Waals surface area contributed by atoms with Gasteiger partial charge >= 0.3 is 0 Å². The van der Waals surface area contributed by atoms with E-state index in [4.69, 9.17) is 11.3 Å². The van der Waals surface area contributed by atoms with Gasteiger partial charge in [0.1, 0.15) is 5.82 Å². The fourth-order valence-electron chi connectivity index (χ4n) is 4.63. The van der Waals surface area contributed by atoms with Crippen LogP contribution in [0.5, 0.6) is 0 Å². The van der Waals surface area contributed by atoms with Crippen LogP contribution in [0, 0.1) is 17.2 Å². The Morgan fingerprint density at radius 1 is 1.17 bits per heavy atom. The van der Waals surface area contributed by atoms with Crippen LogP contribution in [-0.4, -0.2) is 46.3 Å². The summed E-state index contributed by atoms with van der Waals surface area (Å²) in [6.07, 6.45) is 0.349. The molecule has 4 rings (SSSR count). The van der Waals surface area contributed by atoms with E-state index in [-0.39, 0.29) is 18.5 Å². The summed E-state index contributed by atoms with van der Waals surface area (Å²) in [5, 5.41) is 11.3. The lowest BCUT2D eigenvalue weighted by molar-refractivity contribution is 0.197. The molecule has 0 bridgehead atoms. The van der Waals surface area contributed by atoms with Crippen LogP contribution in [-0.2, 0) is 0 Å². The first-order valence-electron chi connectivity index (χ1n) is 11.9. The SMILES string of the molecule is C=C(NC(c1ccc(C2CC2)c(F)n1)c1ccccc1F)C1CCCN1C(=C)CN(N)C(=N)C(F)F. The second-order valence-corrected chi connectivity index (χ2v) is 9.25. The molecular formula is C26H30F4N6. The molecule has 1 saturated carbocycles. The average molecular weight is 503 g/mol. The lowest BCUT2D eigenvalue weighted by Gasteiger charge is -2.34. The van der Waals surface area contributed by atoms with Gasteiger partial charge in [-0.3, -0.25) is 10.4 Å². The van der Waals surface area contributed by atoms with Gasteiger partial charge in [0.05, 0.1) is 24.3 Å². The first-order chi connectivity index (χ1) is 17.2. The Morgan fingerprint density at radius 3 is 2.53 bits per heavy atom. The molecule has 2 aliphatic rings. The topological polar surface area (TPSA) is 81.3 Å². The molecular weight excluding hydrogens is 472 g/mol. The van der Waals surface area contributed by atoms with E-state index in [1.165, 1.54) is 6.07 Å². The van der Waals surface area contributed by atoms with Crippen molar-refractivity contribution in [3.8, 4) is 0 Å². The van der Waals surface area contributed by atoms with Crippen molar-refractivity contribution in [2.45, 2.75) is 50.1 Å². The number of pyridine rings is 1. The Hall–Kier alpha value is -3.40. The number of hydrazine groups is 1. The van der Waals surface area contributed by atoms with Crippen LogP contribution in [0.2, 0.25) is 0 Å². The predicted molar refractivity (Wildman–Crippen MR) is 130 cm³/mol. The van der Waals surface area contributed by atoms with E-state index in [9.17, 15) is 17.6 Å². The molecule has 36 heavy (non-hydrogen) atoms. The van der Waals surface area contributed by atoms with Crippen LogP contribution >= 0.6 is 0 Å². The highest BCUT2D eigenvalue weighted by atomic mass is 19.3. The summed E-state index contributed by atoms with van der Waals surface area (Å²) in [6, 6.07) is 8.57. The number of nitrogens with two attached hydrogens (primary N) is 1. The molecule has 1 aromatic carbocycles. The fraction of sp³-hybridized carbons (Fsp3) is 0.385. The van der Waals surface area contributed by atoms with Crippen molar-refractivity contribution >= 4 is 5.84 Å². The summed E-state index contributed by atoms with van der Waals surface area (Å²) >= 11 is 0. The Kier molecular flexibility index (Phi) is 7.63. The molecule has 1 aliphatic carbocycles. The molecule has 6 nitrogen and oxygen atoms in total. The summed E-state index contributed by atoms with van der Waals surface area (Å²) in [7, 11) is 0. The van der Waals surface area contributed by atoms with Gasteiger partial charge in [-0.25, -0.2) is 24.0 Å². The minimum Gasteiger partial charge on any atom is -0.375 e. The quantitative estimate of drug-likeness (QED) is 0.108. The molecule has 2 fully saturated rings. The molecule has 4 N–H and O–H groups in total. The van der Waals surface area contributed by atoms with E-state index in [2.05, 4.69) is 23.5 Å². The largest absolute Gasteiger partial charge is 0.375 e. The highest BCUT2D eigenvalue weighted by Gasteiger charge is 2.32. The van der Waals surface area contributed by atoms with Gasteiger partial charge < -0.3 is 10.2 Å². The number of likely N-dealkylation sites (tertiary alicyclic amines) is 1. The fourth-order valence-corrected chi connectivity index (χ4v) is 4.63. The van der Waals surface area contributed by atoms with Crippen LogP contribution in [0.3, 0.4) is 0 Å². The summed E-state index contributed by atoms with van der Waals surface area (Å²) in [5.41, 5.74) is 2.18. The smallest absolute Gasteiger partial charge is 0.295 e. The van der Waals surface area contributed by atoms with Gasteiger partial charge in [0.2, 0.25) is 5.95 Å². The van der Waals surface area contributed by atoms with Crippen molar-refractivity contribution in [2.24, 2.45) is 5.84 Å². The second kappa shape index (κ2) is 10.7. The monoisotopic (exact) mass is 502 g/mol. The number of hydrogen-bond donors (Lipinski definition) is 3. The molecule has 1 saturated heterocycles. The molecule has 0 radical (unpaired) electrons. The van der Waals surface area contributed by atoms with Crippen LogP contribution in [0.25, 0.3) is 0 Å². The van der Waals surface area contributed by atoms with Gasteiger partial charge in [-0.1, -0.05) is 37.4 Å². The van der Waals surface area contributed by atoms with Crippen LogP contribution in [0.1, 0.15) is 54.5 Å². The van der Waals surface area contributed by atoms with Crippen LogP contribution < -0.4 is 11.2 Å². The van der Waals surface area contributed by atoms with E-state index < -0.39 is 30.1 Å². The molecule has 0 amide bonds. The standard InChI is InChI=1S/C26H30F4N6/c1-15(14-36(32)26(31)24(28)29)35-13-5-8-22(35)16(2)33-23(19-6-3-4-7-20(19)27)21-12-11-18(17-9-10-17)25(30)34-21/h3-4,6-7,11-12,17,22-24,31,33H,1-2,5,8-10,13-14,32H2. The number of alkyl halides is 2. The number of nitrogens with zero attached hydrogens (tertiary/aromatic N) is 3. The summed E-state index contributed by atoms with van der Waals surface area (Å²) in [6.45, 7) is 8.58. The molecule has 10 heteroatoms. The maximum atomic E-state index is 14.8. The predicted octanol–water partition coefficient (Wildman–Crippen LogP) is 4.83. The van der Waals surface area contributed by atoms with E-state index in [0.29, 0.717) is 46.2 Å². The molecule has 2 atom stereocenters. The van der Waals surface area contributed by atoms with E-state index in [1.807, 2.05) is 4.90 Å². The molecule has 1 aromatic heterocycles. The molecule has 2 heterocycles. The second-order valence-electron chi connectivity index (χ2n) is 9.25. The summed E-state index contributed by atoms with van der Waals surface area (Å²) in [5.74, 6) is 3.80. The van der Waals surface area contributed by atoms with Crippen molar-refractivity contribution in [1.29, 1.82) is 5.41 Å². The number of amidine groups is 1. The maximum absolute atomic E-state index is 14.8. The normalized spacial score (nSPS) is 18.3. The Labute approximate surface area is 208 Å². The number of aromatic nitrogens is 1. The van der Waals surface area contributed by atoms with Crippen molar-refractivity contribution in [2.75, 3.05) is 13.1 Å². The molecule has 1 aliphatic heterocycles. The number of benzene rings is 1. The van der Waals surface area contributed by atoms with Crippen molar-refractivity contribution in [3.63, 3.8) is 0 Å². The Bertz CT molecular complexity index is 1150. The minimum atomic E-state index is -2.99. The molecule has 0 spiro atoms. The zero-order valence-corrected chi connectivity index (χ0v) is 19.9. The zero-order valence-electron chi connectivity index (χ0n) is 19.9. The minimum absolute atomic E-state index is 0.154. The van der Waals surface area contributed by atoms with E-state index >= 15 is 0 Å². The Morgan fingerprint density at radius 2 is 1.89 bits per heavy atom. The lowest BCUT2D eigenvalue weighted by atomic mass is 10.00. The number of rotatable bonds is 10. The van der Waals surface area contributed by atoms with Crippen LogP contribution in [0.15, 0.2) is 61.0 Å². The third-order valence-corrected chi connectivity index (χ3v) is 6.69. The summed E-state index contributed by atoms with van der Waals surface area (Å²) < 4.78 is 55.3. The van der Waals surface area contributed by atoms with Gasteiger partial charge in [0.15, 0.2) is 5.84 Å². The summed E-state index contributed by atoms with van der Waals surface area (Å²) in [4.78, 5) is 6.06. The van der Waals surface area contributed by atoms with Gasteiger partial charge in [-0.15, -0.1) is 0 Å². The highest BCUT2D eigenvalue weighted by molar-refractivity contribution is 5.81. The van der Waals surface area contributed by atoms with Crippen molar-refractivity contribution < 1.29 is 17.6 Å². The lowest BCUT2D eigenvalue weighted by Crippen LogP contribution is -2.45. The van der Waals surface area contributed by atoms with Gasteiger partial charge in [-0.05, 0) is 43.7 Å². The maximum Gasteiger partial charge on any atom is 0.295 e. The van der Waals surface area contributed by atoms with E-state index in [1.54, 1.807) is 30.3 Å². The highest BCUT2D eigenvalue weighted by Crippen LogP contribution is 2.41. The van der Waals surface area contributed by atoms with Crippen LogP contribution in [0.4, 0.5) is 17.6 Å². The third kappa shape index (κ3) is 5.53. The first-order valence-corrected chi connectivity index (χ1v) is 11.9. The Balaban J connectivity index is 1.55. The van der Waals surface area contributed by atoms with Gasteiger partial charge in [0.25, 0.3) is 6.43 Å². The number of hydrogen-bond acceptors (Lipinski definition) is 5. The van der Waals surface area contributed by atoms with E-state index in [0.717, 1.165) is 19.3 Å². The number of nitrogens with one attached hydrogen (secondary N) is 2. The third-order valence-electron chi connectivity index (χ3n) is 6.69. The zero-order chi connectivity index (χ0) is 26.0. The van der Waals surface area contributed by atoms with Gasteiger partial charge in [0, 0.05) is 29.1 Å².